The lowest BCUT2D eigenvalue weighted by atomic mass is 10.2. The van der Waals surface area contributed by atoms with Crippen LogP contribution in [0, 0.1) is 0 Å². The van der Waals surface area contributed by atoms with Crippen LogP contribution < -0.4 is 5.32 Å². The number of halogens is 1. The van der Waals surface area contributed by atoms with Gasteiger partial charge in [-0.25, -0.2) is 13.4 Å². The van der Waals surface area contributed by atoms with E-state index in [4.69, 9.17) is 0 Å². The Hall–Kier alpha value is -1.40. The molecule has 0 aliphatic heterocycles. The third-order valence-corrected chi connectivity index (χ3v) is 4.06. The van der Waals surface area contributed by atoms with Crippen molar-refractivity contribution in [2.45, 2.75) is 11.6 Å². The number of hydrogen-bond acceptors (Lipinski definition) is 4. The minimum atomic E-state index is -3.24. The zero-order chi connectivity index (χ0) is 13.9. The molecule has 0 unspecified atom stereocenters. The standard InChI is InChI=1S/C13H13BrN2O2S/c1-19(17,18)13-7-6-12(9-16-13)15-8-10-2-4-11(14)5-3-10/h2-7,9,15H,8H2,1H3. The van der Waals surface area contributed by atoms with Crippen LogP contribution in [-0.4, -0.2) is 19.7 Å². The smallest absolute Gasteiger partial charge is 0.192 e. The summed E-state index contributed by atoms with van der Waals surface area (Å²) in [6.45, 7) is 0.660. The number of benzene rings is 1. The SMILES string of the molecule is CS(=O)(=O)c1ccc(NCc2ccc(Br)cc2)cn1. The van der Waals surface area contributed by atoms with Crippen molar-refractivity contribution in [3.8, 4) is 0 Å². The molecule has 0 amide bonds. The van der Waals surface area contributed by atoms with Gasteiger partial charge < -0.3 is 5.32 Å². The van der Waals surface area contributed by atoms with E-state index in [-0.39, 0.29) is 5.03 Å². The average molecular weight is 341 g/mol. The largest absolute Gasteiger partial charge is 0.380 e. The summed E-state index contributed by atoms with van der Waals surface area (Å²) in [7, 11) is -3.24. The first-order chi connectivity index (χ1) is 8.95. The maximum atomic E-state index is 11.3. The molecule has 2 rings (SSSR count). The lowest BCUT2D eigenvalue weighted by molar-refractivity contribution is 0.598. The third-order valence-electron chi connectivity index (χ3n) is 2.53. The second kappa shape index (κ2) is 5.71. The second-order valence-corrected chi connectivity index (χ2v) is 7.02. The normalized spacial score (nSPS) is 11.3. The van der Waals surface area contributed by atoms with E-state index in [1.807, 2.05) is 24.3 Å². The Morgan fingerprint density at radius 3 is 2.37 bits per heavy atom. The molecule has 1 aromatic carbocycles. The predicted octanol–water partition coefficient (Wildman–Crippen LogP) is 2.86. The topological polar surface area (TPSA) is 59.1 Å². The summed E-state index contributed by atoms with van der Waals surface area (Å²) in [5.74, 6) is 0. The Labute approximate surface area is 120 Å². The van der Waals surface area contributed by atoms with E-state index < -0.39 is 9.84 Å². The van der Waals surface area contributed by atoms with E-state index in [0.29, 0.717) is 6.54 Å². The fourth-order valence-electron chi connectivity index (χ4n) is 1.51. The van der Waals surface area contributed by atoms with Crippen LogP contribution in [0.4, 0.5) is 5.69 Å². The van der Waals surface area contributed by atoms with Crippen molar-refractivity contribution in [1.82, 2.24) is 4.98 Å². The van der Waals surface area contributed by atoms with Gasteiger partial charge >= 0.3 is 0 Å². The van der Waals surface area contributed by atoms with Gasteiger partial charge in [0, 0.05) is 17.3 Å². The van der Waals surface area contributed by atoms with Gasteiger partial charge in [-0.1, -0.05) is 28.1 Å². The molecule has 0 atom stereocenters. The van der Waals surface area contributed by atoms with Crippen molar-refractivity contribution in [3.63, 3.8) is 0 Å². The van der Waals surface area contributed by atoms with Crippen molar-refractivity contribution in [2.75, 3.05) is 11.6 Å². The summed E-state index contributed by atoms with van der Waals surface area (Å²) in [5.41, 5.74) is 1.92. The molecular weight excluding hydrogens is 328 g/mol. The summed E-state index contributed by atoms with van der Waals surface area (Å²) in [6, 6.07) is 11.2. The first-order valence-corrected chi connectivity index (χ1v) is 8.28. The molecule has 6 heteroatoms. The molecule has 2 aromatic rings. The van der Waals surface area contributed by atoms with Crippen LogP contribution in [-0.2, 0) is 16.4 Å². The Balaban J connectivity index is 2.02. The molecule has 4 nitrogen and oxygen atoms in total. The molecule has 0 fully saturated rings. The van der Waals surface area contributed by atoms with Crippen LogP contribution >= 0.6 is 15.9 Å². The van der Waals surface area contributed by atoms with Crippen LogP contribution in [0.15, 0.2) is 52.1 Å². The average Bonchev–Trinajstić information content (AvgIpc) is 2.37. The lowest BCUT2D eigenvalue weighted by Crippen LogP contribution is -2.03. The Bertz CT molecular complexity index is 652. The molecular formula is C13H13BrN2O2S. The lowest BCUT2D eigenvalue weighted by Gasteiger charge is -2.06. The van der Waals surface area contributed by atoms with Gasteiger partial charge in [-0.05, 0) is 29.8 Å². The Morgan fingerprint density at radius 1 is 1.16 bits per heavy atom. The second-order valence-electron chi connectivity index (χ2n) is 4.14. The fraction of sp³-hybridized carbons (Fsp3) is 0.154. The molecule has 19 heavy (non-hydrogen) atoms. The van der Waals surface area contributed by atoms with Gasteiger partial charge in [0.25, 0.3) is 0 Å². The molecule has 0 aliphatic carbocycles. The number of nitrogens with zero attached hydrogens (tertiary/aromatic N) is 1. The first kappa shape index (κ1) is 14.0. The molecule has 1 N–H and O–H groups in total. The number of hydrogen-bond donors (Lipinski definition) is 1. The highest BCUT2D eigenvalue weighted by atomic mass is 79.9. The van der Waals surface area contributed by atoms with E-state index >= 15 is 0 Å². The van der Waals surface area contributed by atoms with E-state index in [0.717, 1.165) is 22.0 Å². The highest BCUT2D eigenvalue weighted by Gasteiger charge is 2.07. The van der Waals surface area contributed by atoms with E-state index in [1.54, 1.807) is 6.07 Å². The maximum Gasteiger partial charge on any atom is 0.192 e. The number of sulfone groups is 1. The first-order valence-electron chi connectivity index (χ1n) is 5.59. The quantitative estimate of drug-likeness (QED) is 0.929. The molecule has 100 valence electrons. The van der Waals surface area contributed by atoms with Gasteiger partial charge in [0.05, 0.1) is 11.9 Å². The summed E-state index contributed by atoms with van der Waals surface area (Å²) in [6.07, 6.45) is 2.67. The Kier molecular flexibility index (Phi) is 4.21. The molecule has 0 spiro atoms. The fourth-order valence-corrected chi connectivity index (χ4v) is 2.33. The number of nitrogens with one attached hydrogen (secondary N) is 1. The van der Waals surface area contributed by atoms with Gasteiger partial charge in [0.1, 0.15) is 0 Å². The summed E-state index contributed by atoms with van der Waals surface area (Å²) in [5, 5.41) is 3.27. The molecule has 0 aliphatic rings. The molecule has 1 aromatic heterocycles. The van der Waals surface area contributed by atoms with Gasteiger partial charge in [-0.3, -0.25) is 0 Å². The van der Waals surface area contributed by atoms with Crippen LogP contribution in [0.1, 0.15) is 5.56 Å². The van der Waals surface area contributed by atoms with Gasteiger partial charge in [0.2, 0.25) is 0 Å². The van der Waals surface area contributed by atoms with Crippen LogP contribution in [0.2, 0.25) is 0 Å². The number of pyridine rings is 1. The van der Waals surface area contributed by atoms with Gasteiger partial charge in [-0.15, -0.1) is 0 Å². The third kappa shape index (κ3) is 4.04. The summed E-state index contributed by atoms with van der Waals surface area (Å²) >= 11 is 3.38. The van der Waals surface area contributed by atoms with Crippen molar-refractivity contribution < 1.29 is 8.42 Å². The zero-order valence-corrected chi connectivity index (χ0v) is 12.7. The number of aromatic nitrogens is 1. The minimum Gasteiger partial charge on any atom is -0.380 e. The van der Waals surface area contributed by atoms with Crippen molar-refractivity contribution in [3.05, 3.63) is 52.6 Å². The van der Waals surface area contributed by atoms with Crippen LogP contribution in [0.25, 0.3) is 0 Å². The monoisotopic (exact) mass is 340 g/mol. The van der Waals surface area contributed by atoms with Crippen LogP contribution in [0.5, 0.6) is 0 Å². The zero-order valence-electron chi connectivity index (χ0n) is 10.3. The van der Waals surface area contributed by atoms with Crippen molar-refractivity contribution >= 4 is 31.5 Å². The Morgan fingerprint density at radius 2 is 1.84 bits per heavy atom. The van der Waals surface area contributed by atoms with E-state index in [1.165, 1.54) is 12.3 Å². The van der Waals surface area contributed by atoms with Crippen LogP contribution in [0.3, 0.4) is 0 Å². The maximum absolute atomic E-state index is 11.3. The molecule has 0 saturated carbocycles. The van der Waals surface area contributed by atoms with Crippen molar-refractivity contribution in [1.29, 1.82) is 0 Å². The van der Waals surface area contributed by atoms with E-state index in [9.17, 15) is 8.42 Å². The molecule has 0 bridgehead atoms. The molecule has 1 heterocycles. The van der Waals surface area contributed by atoms with E-state index in [2.05, 4.69) is 26.2 Å². The van der Waals surface area contributed by atoms with Gasteiger partial charge in [-0.2, -0.15) is 0 Å². The van der Waals surface area contributed by atoms with Crippen molar-refractivity contribution in [2.24, 2.45) is 0 Å². The van der Waals surface area contributed by atoms with Gasteiger partial charge in [0.15, 0.2) is 14.9 Å². The summed E-state index contributed by atoms with van der Waals surface area (Å²) in [4.78, 5) is 3.92. The number of rotatable bonds is 4. The molecule has 0 saturated heterocycles. The molecule has 0 radical (unpaired) electrons. The number of anilines is 1. The highest BCUT2D eigenvalue weighted by molar-refractivity contribution is 9.10. The minimum absolute atomic E-state index is 0.0849. The summed E-state index contributed by atoms with van der Waals surface area (Å²) < 4.78 is 23.6. The highest BCUT2D eigenvalue weighted by Crippen LogP contribution is 2.14. The predicted molar refractivity (Wildman–Crippen MR) is 78.8 cm³/mol.